The number of aromatic nitrogens is 1. The molecular weight excluding hydrogens is 430 g/mol. The van der Waals surface area contributed by atoms with Crippen molar-refractivity contribution in [3.05, 3.63) is 35.5 Å². The predicted molar refractivity (Wildman–Crippen MR) is 130 cm³/mol. The van der Waals surface area contributed by atoms with Crippen LogP contribution in [0.5, 0.6) is 5.88 Å². The lowest BCUT2D eigenvalue weighted by Gasteiger charge is -2.23. The van der Waals surface area contributed by atoms with Crippen molar-refractivity contribution in [3.63, 3.8) is 0 Å². The fourth-order valence-electron chi connectivity index (χ4n) is 4.92. The number of rotatable bonds is 6. The van der Waals surface area contributed by atoms with Crippen molar-refractivity contribution in [3.8, 4) is 17.7 Å². The zero-order valence-corrected chi connectivity index (χ0v) is 19.9. The lowest BCUT2D eigenvalue weighted by molar-refractivity contribution is -0.119. The third-order valence-electron chi connectivity index (χ3n) is 7.14. The molecule has 1 unspecified atom stereocenters. The molecule has 4 rings (SSSR count). The van der Waals surface area contributed by atoms with Gasteiger partial charge < -0.3 is 20.5 Å². The number of amides is 2. The van der Waals surface area contributed by atoms with E-state index in [1.54, 1.807) is 19.3 Å². The van der Waals surface area contributed by atoms with Crippen LogP contribution in [0.15, 0.2) is 24.4 Å². The molecule has 1 aromatic carbocycles. The summed E-state index contributed by atoms with van der Waals surface area (Å²) in [5.41, 5.74) is 1.31. The number of nitrogens with zero attached hydrogens (tertiary/aromatic N) is 1. The summed E-state index contributed by atoms with van der Waals surface area (Å²) in [5, 5.41) is 16.6. The molecule has 0 spiro atoms. The second kappa shape index (κ2) is 10.9. The van der Waals surface area contributed by atoms with Gasteiger partial charge in [0.05, 0.1) is 11.6 Å². The highest BCUT2D eigenvalue weighted by molar-refractivity contribution is 6.01. The van der Waals surface area contributed by atoms with E-state index in [4.69, 9.17) is 4.74 Å². The molecule has 2 atom stereocenters. The van der Waals surface area contributed by atoms with Crippen LogP contribution in [-0.4, -0.2) is 48.2 Å². The maximum absolute atomic E-state index is 12.3. The number of aliphatic hydroxyl groups excluding tert-OH is 1. The quantitative estimate of drug-likeness (QED) is 0.572. The lowest BCUT2D eigenvalue weighted by atomic mass is 9.82. The molecule has 34 heavy (non-hydrogen) atoms. The van der Waals surface area contributed by atoms with Gasteiger partial charge in [-0.25, -0.2) is 4.98 Å². The molecule has 3 N–H and O–H groups in total. The molecule has 2 amide bonds. The van der Waals surface area contributed by atoms with E-state index >= 15 is 0 Å². The molecule has 2 fully saturated rings. The van der Waals surface area contributed by atoms with Crippen LogP contribution in [0, 0.1) is 29.6 Å². The Kier molecular flexibility index (Phi) is 7.69. The van der Waals surface area contributed by atoms with Crippen molar-refractivity contribution in [1.29, 1.82) is 0 Å². The van der Waals surface area contributed by atoms with Gasteiger partial charge in [0.2, 0.25) is 11.8 Å². The minimum atomic E-state index is -0.165. The Morgan fingerprint density at radius 1 is 1.26 bits per heavy atom. The minimum absolute atomic E-state index is 0.0343. The van der Waals surface area contributed by atoms with Gasteiger partial charge in [-0.3, -0.25) is 9.59 Å². The summed E-state index contributed by atoms with van der Waals surface area (Å²) in [5.74, 6) is 8.01. The topological polar surface area (TPSA) is 101 Å². The molecule has 7 nitrogen and oxygen atoms in total. The molecule has 1 saturated carbocycles. The average Bonchev–Trinajstić information content (AvgIpc) is 3.25. The number of nitrogens with one attached hydrogen (secondary N) is 2. The molecule has 180 valence electrons. The van der Waals surface area contributed by atoms with Crippen molar-refractivity contribution >= 4 is 22.6 Å². The smallest absolute Gasteiger partial charge is 0.251 e. The SMILES string of the molecule is CC[C@@H]1CC(=O)NC1COc1ncc(C#CC2CCC(CO)CC2)c2cc(C(=O)NC)ccc12. The zero-order chi connectivity index (χ0) is 24.1. The number of aliphatic hydroxyl groups is 1. The molecule has 7 heteroatoms. The minimum Gasteiger partial charge on any atom is -0.475 e. The van der Waals surface area contributed by atoms with Crippen LogP contribution < -0.4 is 15.4 Å². The first-order valence-corrected chi connectivity index (χ1v) is 12.2. The Morgan fingerprint density at radius 3 is 2.76 bits per heavy atom. The highest BCUT2D eigenvalue weighted by Crippen LogP contribution is 2.30. The first-order valence-electron chi connectivity index (χ1n) is 12.2. The Morgan fingerprint density at radius 2 is 2.06 bits per heavy atom. The Bertz CT molecular complexity index is 1110. The van der Waals surface area contributed by atoms with E-state index in [-0.39, 0.29) is 30.4 Å². The number of ether oxygens (including phenoxy) is 1. The Hall–Kier alpha value is -3.11. The standard InChI is InChI=1S/C27H33N3O4/c1-3-19-13-25(32)30-24(19)16-34-27-22-11-10-20(26(33)28-2)12-23(22)21(14-29-27)9-8-17-4-6-18(15-31)7-5-17/h10-12,14,17-19,24,31H,3-7,13,15-16H2,1-2H3,(H,28,33)(H,30,32)/t17?,18?,19-,24?/m1/s1. The number of pyridine rings is 1. The molecule has 1 aromatic heterocycles. The molecular formula is C27H33N3O4. The van der Waals surface area contributed by atoms with E-state index in [1.807, 2.05) is 12.1 Å². The van der Waals surface area contributed by atoms with E-state index in [1.165, 1.54) is 0 Å². The fourth-order valence-corrected chi connectivity index (χ4v) is 4.92. The molecule has 2 heterocycles. The molecule has 0 bridgehead atoms. The van der Waals surface area contributed by atoms with E-state index in [0.717, 1.165) is 48.4 Å². The second-order valence-corrected chi connectivity index (χ2v) is 9.34. The summed E-state index contributed by atoms with van der Waals surface area (Å²) in [4.78, 5) is 28.6. The number of hydrogen-bond donors (Lipinski definition) is 3. The highest BCUT2D eigenvalue weighted by Gasteiger charge is 2.31. The summed E-state index contributed by atoms with van der Waals surface area (Å²) in [6.07, 6.45) is 7.12. The number of hydrogen-bond acceptors (Lipinski definition) is 5. The van der Waals surface area contributed by atoms with Gasteiger partial charge in [-0.1, -0.05) is 25.2 Å². The molecule has 0 radical (unpaired) electrons. The predicted octanol–water partition coefficient (Wildman–Crippen LogP) is 3.04. The van der Waals surface area contributed by atoms with E-state index in [2.05, 4.69) is 34.4 Å². The number of carbonyl (C=O) groups excluding carboxylic acids is 2. The first-order chi connectivity index (χ1) is 16.5. The van der Waals surface area contributed by atoms with Crippen molar-refractivity contribution in [2.75, 3.05) is 20.3 Å². The fraction of sp³-hybridized carbons (Fsp3) is 0.519. The number of carbonyl (C=O) groups is 2. The van der Waals surface area contributed by atoms with E-state index < -0.39 is 0 Å². The largest absolute Gasteiger partial charge is 0.475 e. The molecule has 2 aliphatic rings. The molecule has 1 aliphatic heterocycles. The number of fused-ring (bicyclic) bond motifs is 1. The summed E-state index contributed by atoms with van der Waals surface area (Å²) >= 11 is 0. The van der Waals surface area contributed by atoms with E-state index in [0.29, 0.717) is 36.3 Å². The summed E-state index contributed by atoms with van der Waals surface area (Å²) in [7, 11) is 1.61. The summed E-state index contributed by atoms with van der Waals surface area (Å²) in [6.45, 7) is 2.68. The maximum Gasteiger partial charge on any atom is 0.251 e. The van der Waals surface area contributed by atoms with Gasteiger partial charge in [0.15, 0.2) is 0 Å². The van der Waals surface area contributed by atoms with Crippen molar-refractivity contribution < 1.29 is 19.4 Å². The van der Waals surface area contributed by atoms with Crippen molar-refractivity contribution in [1.82, 2.24) is 15.6 Å². The maximum atomic E-state index is 12.3. The third kappa shape index (κ3) is 5.34. The zero-order valence-electron chi connectivity index (χ0n) is 19.9. The van der Waals surface area contributed by atoms with Crippen LogP contribution in [0.4, 0.5) is 0 Å². The molecule has 1 saturated heterocycles. The van der Waals surface area contributed by atoms with Gasteiger partial charge in [-0.15, -0.1) is 0 Å². The van der Waals surface area contributed by atoms with Gasteiger partial charge >= 0.3 is 0 Å². The lowest BCUT2D eigenvalue weighted by Crippen LogP contribution is -2.34. The van der Waals surface area contributed by atoms with Crippen LogP contribution in [-0.2, 0) is 4.79 Å². The summed E-state index contributed by atoms with van der Waals surface area (Å²) in [6, 6.07) is 5.41. The van der Waals surface area contributed by atoms with Crippen molar-refractivity contribution in [2.24, 2.45) is 17.8 Å². The van der Waals surface area contributed by atoms with Gasteiger partial charge in [0.1, 0.15) is 6.61 Å². The monoisotopic (exact) mass is 463 g/mol. The summed E-state index contributed by atoms with van der Waals surface area (Å²) < 4.78 is 6.09. The third-order valence-corrected chi connectivity index (χ3v) is 7.14. The molecule has 2 aromatic rings. The van der Waals surface area contributed by atoms with Gasteiger partial charge in [-0.05, 0) is 55.7 Å². The number of benzene rings is 1. The van der Waals surface area contributed by atoms with Gasteiger partial charge in [0.25, 0.3) is 5.91 Å². The van der Waals surface area contributed by atoms with Gasteiger partial charge in [-0.2, -0.15) is 0 Å². The second-order valence-electron chi connectivity index (χ2n) is 9.34. The van der Waals surface area contributed by atoms with E-state index in [9.17, 15) is 14.7 Å². The Labute approximate surface area is 200 Å². The first kappa shape index (κ1) is 24.0. The Balaban J connectivity index is 1.61. The average molecular weight is 464 g/mol. The van der Waals surface area contributed by atoms with Crippen LogP contribution in [0.3, 0.4) is 0 Å². The van der Waals surface area contributed by atoms with Crippen LogP contribution in [0.1, 0.15) is 61.4 Å². The normalized spacial score (nSPS) is 24.3. The van der Waals surface area contributed by atoms with Crippen LogP contribution in [0.2, 0.25) is 0 Å². The van der Waals surface area contributed by atoms with Crippen LogP contribution >= 0.6 is 0 Å². The van der Waals surface area contributed by atoms with Crippen LogP contribution in [0.25, 0.3) is 10.8 Å². The van der Waals surface area contributed by atoms with Gasteiger partial charge in [0, 0.05) is 48.5 Å². The molecule has 1 aliphatic carbocycles. The highest BCUT2D eigenvalue weighted by atomic mass is 16.5. The van der Waals surface area contributed by atoms with Crippen molar-refractivity contribution in [2.45, 2.75) is 51.5 Å².